The van der Waals surface area contributed by atoms with Crippen molar-refractivity contribution in [3.05, 3.63) is 120 Å². The van der Waals surface area contributed by atoms with Crippen molar-refractivity contribution in [2.75, 3.05) is 36.8 Å². The number of carbonyl (C=O) groups excluding carboxylic acids is 3. The third kappa shape index (κ3) is 9.66. The second-order valence-corrected chi connectivity index (χ2v) is 18.3. The Morgan fingerprint density at radius 2 is 1.16 bits per heavy atom. The van der Waals surface area contributed by atoms with E-state index < -0.39 is 0 Å². The highest BCUT2D eigenvalue weighted by atomic mass is 19.1. The van der Waals surface area contributed by atoms with Gasteiger partial charge < -0.3 is 26.2 Å². The molecule has 4 N–H and O–H groups in total. The first-order chi connectivity index (χ1) is 33.1. The van der Waals surface area contributed by atoms with E-state index in [-0.39, 0.29) is 29.4 Å². The molecular weight excluding hydrogens is 865 g/mol. The summed E-state index contributed by atoms with van der Waals surface area (Å²) in [6.07, 6.45) is 11.1. The number of hydrogen-bond acceptors (Lipinski definition) is 9. The van der Waals surface area contributed by atoms with Crippen molar-refractivity contribution >= 4 is 62.7 Å². The van der Waals surface area contributed by atoms with Crippen LogP contribution >= 0.6 is 0 Å². The number of amides is 3. The molecule has 16 heteroatoms. The number of rotatable bonds is 15. The molecule has 0 bridgehead atoms. The van der Waals surface area contributed by atoms with Crippen LogP contribution in [0.4, 0.5) is 20.4 Å². The lowest BCUT2D eigenvalue weighted by Gasteiger charge is -2.16. The van der Waals surface area contributed by atoms with E-state index in [1.807, 2.05) is 50.1 Å². The van der Waals surface area contributed by atoms with Crippen molar-refractivity contribution < 1.29 is 23.2 Å². The molecule has 3 aliphatic rings. The van der Waals surface area contributed by atoms with E-state index in [0.717, 1.165) is 80.6 Å². The van der Waals surface area contributed by atoms with Gasteiger partial charge in [-0.05, 0) is 99.4 Å². The summed E-state index contributed by atoms with van der Waals surface area (Å²) >= 11 is 0. The fraction of sp³-hybridized carbons (Fsp3) is 0.327. The predicted octanol–water partition coefficient (Wildman–Crippen LogP) is 9.04. The minimum absolute atomic E-state index is 0.0504. The van der Waals surface area contributed by atoms with Gasteiger partial charge >= 0.3 is 0 Å². The summed E-state index contributed by atoms with van der Waals surface area (Å²) in [5.41, 5.74) is 8.42. The van der Waals surface area contributed by atoms with Crippen LogP contribution in [0.2, 0.25) is 0 Å². The summed E-state index contributed by atoms with van der Waals surface area (Å²) in [5.74, 6) is 1.27. The fourth-order valence-electron chi connectivity index (χ4n) is 8.53. The molecule has 68 heavy (non-hydrogen) atoms. The topological polar surface area (TPSA) is 163 Å². The van der Waals surface area contributed by atoms with Crippen molar-refractivity contribution in [1.82, 2.24) is 44.3 Å². The van der Waals surface area contributed by atoms with E-state index in [4.69, 9.17) is 9.97 Å². The van der Waals surface area contributed by atoms with E-state index in [1.165, 1.54) is 24.3 Å². The minimum atomic E-state index is -0.353. The molecule has 14 nitrogen and oxygen atoms in total. The average Bonchev–Trinajstić information content (AvgIpc) is 4.19. The summed E-state index contributed by atoms with van der Waals surface area (Å²) in [4.78, 5) is 57.1. The first-order valence-corrected chi connectivity index (χ1v) is 23.6. The number of benzene rings is 4. The number of fused-ring (bicyclic) bond motifs is 6. The lowest BCUT2D eigenvalue weighted by Crippen LogP contribution is -2.27. The standard InChI is InChI=1S/C27H27FN6O2.C25H26FN5O/c28-19-8-11-21-22(15-19)34-23(17-4-6-18(7-5-17)27(36)31-20-9-10-20)16-30-26(34)25(32-21)29-12-2-14-33-13-1-3-24(33)35;1-15(2)11-12-27-23-24-28-14-22(31(24)21-13-18(26)7-10-20(21)30-23)16-3-5-17(6-4-16)25(32)29-19-8-9-19/h4-8,11,15-16,20H,1-3,9-10,12-14H2,(H,29,32)(H,31,36);3-7,10,13-15,19H,8-9,11-12H2,1-2H3,(H,27,30)(H,29,32). The Morgan fingerprint density at radius 1 is 0.676 bits per heavy atom. The van der Waals surface area contributed by atoms with Gasteiger partial charge in [-0.3, -0.25) is 23.2 Å². The van der Waals surface area contributed by atoms with Gasteiger partial charge in [0, 0.05) is 79.1 Å². The Bertz CT molecular complexity index is 3180. The van der Waals surface area contributed by atoms with Crippen molar-refractivity contribution in [2.24, 2.45) is 5.92 Å². The van der Waals surface area contributed by atoms with Gasteiger partial charge in [0.15, 0.2) is 22.9 Å². The Hall–Kier alpha value is -7.49. The fourth-order valence-corrected chi connectivity index (χ4v) is 8.53. The second kappa shape index (κ2) is 19.0. The molecule has 4 aromatic carbocycles. The van der Waals surface area contributed by atoms with Crippen molar-refractivity contribution in [3.63, 3.8) is 0 Å². The van der Waals surface area contributed by atoms with Gasteiger partial charge in [0.2, 0.25) is 5.91 Å². The third-order valence-electron chi connectivity index (χ3n) is 12.6. The maximum Gasteiger partial charge on any atom is 0.251 e. The molecule has 8 aromatic rings. The lowest BCUT2D eigenvalue weighted by molar-refractivity contribution is -0.127. The first-order valence-electron chi connectivity index (χ1n) is 23.6. The highest BCUT2D eigenvalue weighted by molar-refractivity contribution is 5.96. The molecule has 4 aromatic heterocycles. The second-order valence-electron chi connectivity index (χ2n) is 18.3. The normalized spacial score (nSPS) is 14.8. The van der Waals surface area contributed by atoms with Gasteiger partial charge in [0.05, 0.1) is 45.8 Å². The smallest absolute Gasteiger partial charge is 0.251 e. The summed E-state index contributed by atoms with van der Waals surface area (Å²) in [6.45, 7) is 7.30. The van der Waals surface area contributed by atoms with Gasteiger partial charge in [-0.2, -0.15) is 0 Å². The quantitative estimate of drug-likeness (QED) is 0.0736. The molecule has 5 heterocycles. The maximum absolute atomic E-state index is 14.2. The lowest BCUT2D eigenvalue weighted by atomic mass is 10.1. The number of aromatic nitrogens is 6. The van der Waals surface area contributed by atoms with Crippen LogP contribution in [0.1, 0.15) is 85.9 Å². The van der Waals surface area contributed by atoms with Crippen molar-refractivity contribution in [2.45, 2.75) is 77.3 Å². The molecule has 2 aliphatic carbocycles. The zero-order chi connectivity index (χ0) is 46.9. The number of likely N-dealkylation sites (tertiary alicyclic amines) is 1. The van der Waals surface area contributed by atoms with Crippen LogP contribution in [0.15, 0.2) is 97.3 Å². The molecule has 0 unspecified atom stereocenters. The van der Waals surface area contributed by atoms with Crippen LogP contribution in [-0.4, -0.2) is 89.6 Å². The summed E-state index contributed by atoms with van der Waals surface area (Å²) in [5, 5.41) is 12.8. The molecule has 0 radical (unpaired) electrons. The molecule has 2 saturated carbocycles. The van der Waals surface area contributed by atoms with Crippen molar-refractivity contribution in [3.8, 4) is 22.5 Å². The van der Waals surface area contributed by atoms with Gasteiger partial charge in [0.25, 0.3) is 11.8 Å². The number of halogens is 2. The summed E-state index contributed by atoms with van der Waals surface area (Å²) in [6, 6.07) is 24.5. The number of nitrogens with one attached hydrogen (secondary N) is 4. The average molecular weight is 918 g/mol. The number of imidazole rings is 2. The molecule has 348 valence electrons. The molecule has 3 amide bonds. The van der Waals surface area contributed by atoms with E-state index in [9.17, 15) is 23.2 Å². The van der Waals surface area contributed by atoms with Gasteiger partial charge in [-0.15, -0.1) is 0 Å². The Kier molecular flexibility index (Phi) is 12.4. The van der Waals surface area contributed by atoms with E-state index in [0.29, 0.717) is 93.6 Å². The highest BCUT2D eigenvalue weighted by Gasteiger charge is 2.26. The number of carbonyl (C=O) groups is 3. The Labute approximate surface area is 391 Å². The van der Waals surface area contributed by atoms with E-state index >= 15 is 0 Å². The van der Waals surface area contributed by atoms with Crippen LogP contribution in [0.25, 0.3) is 55.9 Å². The summed E-state index contributed by atoms with van der Waals surface area (Å²) in [7, 11) is 0. The third-order valence-corrected chi connectivity index (χ3v) is 12.6. The maximum atomic E-state index is 14.2. The van der Waals surface area contributed by atoms with Crippen LogP contribution < -0.4 is 21.3 Å². The van der Waals surface area contributed by atoms with E-state index in [1.54, 1.807) is 36.7 Å². The minimum Gasteiger partial charge on any atom is -0.367 e. The van der Waals surface area contributed by atoms with Gasteiger partial charge in [-0.25, -0.2) is 28.7 Å². The zero-order valence-corrected chi connectivity index (χ0v) is 38.1. The number of hydrogen-bond donors (Lipinski definition) is 4. The molecule has 3 fully saturated rings. The number of nitrogens with zero attached hydrogens (tertiary/aromatic N) is 7. The Balaban J connectivity index is 0.000000160. The molecule has 1 saturated heterocycles. The van der Waals surface area contributed by atoms with Crippen LogP contribution in [0.3, 0.4) is 0 Å². The molecule has 0 spiro atoms. The summed E-state index contributed by atoms with van der Waals surface area (Å²) < 4.78 is 32.2. The van der Waals surface area contributed by atoms with Gasteiger partial charge in [-0.1, -0.05) is 38.1 Å². The number of anilines is 2. The largest absolute Gasteiger partial charge is 0.367 e. The molecule has 0 atom stereocenters. The predicted molar refractivity (Wildman–Crippen MR) is 260 cm³/mol. The van der Waals surface area contributed by atoms with Crippen LogP contribution in [-0.2, 0) is 4.79 Å². The molecular formula is C52H53F2N11O3. The monoisotopic (exact) mass is 917 g/mol. The van der Waals surface area contributed by atoms with Crippen LogP contribution in [0, 0.1) is 17.6 Å². The molecule has 1 aliphatic heterocycles. The van der Waals surface area contributed by atoms with Crippen molar-refractivity contribution in [1.29, 1.82) is 0 Å². The highest BCUT2D eigenvalue weighted by Crippen LogP contribution is 2.32. The first kappa shape index (κ1) is 44.4. The van der Waals surface area contributed by atoms with Crippen LogP contribution in [0.5, 0.6) is 0 Å². The molecule has 11 rings (SSSR count). The van der Waals surface area contributed by atoms with Gasteiger partial charge in [0.1, 0.15) is 11.6 Å². The van der Waals surface area contributed by atoms with E-state index in [2.05, 4.69) is 45.1 Å². The SMILES string of the molecule is CC(C)CCNc1nc2ccc(F)cc2n2c(-c3ccc(C(=O)NC4CC4)cc3)cnc12.O=C(NC1CC1)c1ccc(-c2cnc3c(NCCCN4CCCC4=O)nc4ccc(F)cc4n23)cc1. The zero-order valence-electron chi connectivity index (χ0n) is 38.1. The Morgan fingerprint density at radius 3 is 1.60 bits per heavy atom.